The lowest BCUT2D eigenvalue weighted by Gasteiger charge is -2.24. The summed E-state index contributed by atoms with van der Waals surface area (Å²) >= 11 is 0. The number of quaternary nitrogens is 1. The SMILES string of the molecule is CC/C=C\C/C=C\C/C=C\C/C=C\C/C=C\C/C=C\CCCCCCCCCCCCCCCCC(=O)OC(COC(=O)CCCCCCCCC/C=C\CCCCCCCCC)COP(=O)(O)OCC[N+](C)(C)C. The van der Waals surface area contributed by atoms with Crippen molar-refractivity contribution in [3.05, 3.63) is 85.1 Å². The minimum Gasteiger partial charge on any atom is -0.462 e. The van der Waals surface area contributed by atoms with Crippen molar-refractivity contribution in [1.29, 1.82) is 0 Å². The molecule has 0 spiro atoms. The number of hydrogen-bond acceptors (Lipinski definition) is 7. The summed E-state index contributed by atoms with van der Waals surface area (Å²) in [4.78, 5) is 35.7. The molecule has 0 fully saturated rings. The van der Waals surface area contributed by atoms with Gasteiger partial charge in [0.2, 0.25) is 0 Å². The molecule has 0 aliphatic heterocycles. The lowest BCUT2D eigenvalue weighted by atomic mass is 10.0. The number of hydrogen-bond donors (Lipinski definition) is 1. The summed E-state index contributed by atoms with van der Waals surface area (Å²) in [7, 11) is 1.47. The first kappa shape index (κ1) is 72.2. The highest BCUT2D eigenvalue weighted by Crippen LogP contribution is 2.43. The molecule has 0 aliphatic rings. The highest BCUT2D eigenvalue weighted by atomic mass is 31.2. The fraction of sp³-hybridized carbons (Fsp3) is 0.754. The normalized spacial score (nSPS) is 13.8. The van der Waals surface area contributed by atoms with E-state index in [-0.39, 0.29) is 32.0 Å². The number of rotatable bonds is 56. The van der Waals surface area contributed by atoms with E-state index in [9.17, 15) is 19.0 Å². The molecule has 2 unspecified atom stereocenters. The number of unbranched alkanes of at least 4 members (excludes halogenated alkanes) is 28. The molecule has 0 saturated carbocycles. The molecule has 10 heteroatoms. The summed E-state index contributed by atoms with van der Waals surface area (Å²) in [6.45, 7) is 4.33. The van der Waals surface area contributed by atoms with E-state index in [0.717, 1.165) is 77.0 Å². The zero-order valence-electron chi connectivity index (χ0n) is 49.3. The van der Waals surface area contributed by atoms with E-state index in [1.807, 2.05) is 21.1 Å². The highest BCUT2D eigenvalue weighted by molar-refractivity contribution is 7.47. The average Bonchev–Trinajstić information content (AvgIpc) is 3.37. The van der Waals surface area contributed by atoms with Gasteiger partial charge in [0, 0.05) is 12.8 Å². The predicted molar refractivity (Wildman–Crippen MR) is 321 cm³/mol. The average molecular weight is 1070 g/mol. The number of carbonyl (C=O) groups excluding carboxylic acids is 2. The molecular weight excluding hydrogens is 954 g/mol. The Balaban J connectivity index is 4.09. The molecule has 0 saturated heterocycles. The summed E-state index contributed by atoms with van der Waals surface area (Å²) in [6, 6.07) is 0. The zero-order valence-corrected chi connectivity index (χ0v) is 50.2. The van der Waals surface area contributed by atoms with Gasteiger partial charge in [-0.15, -0.1) is 0 Å². The lowest BCUT2D eigenvalue weighted by Crippen LogP contribution is -2.37. The van der Waals surface area contributed by atoms with E-state index >= 15 is 0 Å². The van der Waals surface area contributed by atoms with Crippen LogP contribution in [0.5, 0.6) is 0 Å². The van der Waals surface area contributed by atoms with Gasteiger partial charge in [-0.05, 0) is 89.9 Å². The predicted octanol–water partition coefficient (Wildman–Crippen LogP) is 19.4. The van der Waals surface area contributed by atoms with Crippen LogP contribution in [-0.4, -0.2) is 74.9 Å². The van der Waals surface area contributed by atoms with Crippen molar-refractivity contribution in [3.63, 3.8) is 0 Å². The topological polar surface area (TPSA) is 108 Å². The van der Waals surface area contributed by atoms with Crippen LogP contribution in [0.3, 0.4) is 0 Å². The van der Waals surface area contributed by atoms with Crippen molar-refractivity contribution in [2.45, 2.75) is 270 Å². The number of ether oxygens (including phenoxy) is 2. The van der Waals surface area contributed by atoms with Crippen LogP contribution < -0.4 is 0 Å². The monoisotopic (exact) mass is 1070 g/mol. The van der Waals surface area contributed by atoms with Gasteiger partial charge in [0.25, 0.3) is 0 Å². The van der Waals surface area contributed by atoms with Crippen molar-refractivity contribution in [2.24, 2.45) is 0 Å². The molecule has 434 valence electrons. The van der Waals surface area contributed by atoms with Gasteiger partial charge in [-0.1, -0.05) is 247 Å². The van der Waals surface area contributed by atoms with Crippen LogP contribution in [0.2, 0.25) is 0 Å². The molecule has 9 nitrogen and oxygen atoms in total. The minimum absolute atomic E-state index is 0.0290. The Hall–Kier alpha value is -2.81. The Labute approximate surface area is 462 Å². The third-order valence-corrected chi connectivity index (χ3v) is 14.1. The molecule has 0 bridgehead atoms. The first-order valence-corrected chi connectivity index (χ1v) is 32.3. The van der Waals surface area contributed by atoms with Crippen LogP contribution in [0.4, 0.5) is 0 Å². The number of esters is 2. The van der Waals surface area contributed by atoms with Crippen LogP contribution in [-0.2, 0) is 32.7 Å². The number of phosphoric acid groups is 1. The second-order valence-corrected chi connectivity index (χ2v) is 23.2. The summed E-state index contributed by atoms with van der Waals surface area (Å²) in [5.74, 6) is -0.799. The van der Waals surface area contributed by atoms with Gasteiger partial charge in [-0.2, -0.15) is 0 Å². The first-order valence-electron chi connectivity index (χ1n) is 30.8. The fourth-order valence-electron chi connectivity index (χ4n) is 8.43. The summed E-state index contributed by atoms with van der Waals surface area (Å²) < 4.78 is 34.6. The standard InChI is InChI=1S/C65H116NO8P/c1-6-8-10-12-14-16-18-20-22-24-26-27-28-29-30-31-32-33-34-35-36-37-38-39-40-42-44-46-48-50-52-54-56-58-65(68)74-63(62-73-75(69,70)72-60-59-66(3,4)5)61-71-64(67)57-55-53-51-49-47-45-43-41-25-23-21-19-17-15-13-11-9-7-2/h8,10,14,16,20,22-23,25-27,29-30,32-33,63H,6-7,9,11-13,15,17-19,21,24,28,31,34-62H2,1-5H3/p+1/b10-8-,16-14-,22-20-,25-23-,27-26-,30-29-,33-32-. The summed E-state index contributed by atoms with van der Waals surface area (Å²) in [6.07, 6.45) is 75.1. The van der Waals surface area contributed by atoms with Crippen LogP contribution in [0.15, 0.2) is 85.1 Å². The van der Waals surface area contributed by atoms with Crippen LogP contribution in [0, 0.1) is 0 Å². The number of nitrogens with zero attached hydrogens (tertiary/aromatic N) is 1. The molecule has 75 heavy (non-hydrogen) atoms. The smallest absolute Gasteiger partial charge is 0.462 e. The van der Waals surface area contributed by atoms with Gasteiger partial charge in [0.1, 0.15) is 19.8 Å². The number of likely N-dealkylation sites (N-methyl/N-ethyl adjacent to an activating group) is 1. The Morgan fingerprint density at radius 2 is 0.760 bits per heavy atom. The molecule has 0 heterocycles. The molecule has 1 N–H and O–H groups in total. The largest absolute Gasteiger partial charge is 0.472 e. The molecule has 0 radical (unpaired) electrons. The number of carbonyl (C=O) groups is 2. The van der Waals surface area contributed by atoms with Gasteiger partial charge in [-0.25, -0.2) is 4.57 Å². The fourth-order valence-corrected chi connectivity index (χ4v) is 9.17. The van der Waals surface area contributed by atoms with E-state index in [1.165, 1.54) is 154 Å². The van der Waals surface area contributed by atoms with Gasteiger partial charge in [0.05, 0.1) is 27.7 Å². The molecular formula is C65H117NO8P+. The van der Waals surface area contributed by atoms with Gasteiger partial charge >= 0.3 is 19.8 Å². The second kappa shape index (κ2) is 55.9. The Morgan fingerprint density at radius 3 is 1.15 bits per heavy atom. The van der Waals surface area contributed by atoms with Crippen LogP contribution in [0.25, 0.3) is 0 Å². The van der Waals surface area contributed by atoms with E-state index in [4.69, 9.17) is 18.5 Å². The highest BCUT2D eigenvalue weighted by Gasteiger charge is 2.27. The van der Waals surface area contributed by atoms with E-state index < -0.39 is 26.5 Å². The minimum atomic E-state index is -4.39. The molecule has 0 aromatic carbocycles. The molecule has 0 amide bonds. The molecule has 0 aromatic heterocycles. The Kier molecular flexibility index (Phi) is 53.8. The van der Waals surface area contributed by atoms with Gasteiger partial charge in [0.15, 0.2) is 6.10 Å². The quantitative estimate of drug-likeness (QED) is 0.0211. The van der Waals surface area contributed by atoms with Crippen molar-refractivity contribution < 1.29 is 42.1 Å². The molecule has 0 aromatic rings. The Bertz CT molecular complexity index is 1540. The van der Waals surface area contributed by atoms with Gasteiger partial charge < -0.3 is 18.9 Å². The van der Waals surface area contributed by atoms with E-state index in [1.54, 1.807) is 0 Å². The third kappa shape index (κ3) is 60.3. The van der Waals surface area contributed by atoms with Crippen LogP contribution in [0.1, 0.15) is 264 Å². The number of phosphoric ester groups is 1. The van der Waals surface area contributed by atoms with Crippen LogP contribution >= 0.6 is 7.82 Å². The van der Waals surface area contributed by atoms with E-state index in [2.05, 4.69) is 98.9 Å². The second-order valence-electron chi connectivity index (χ2n) is 21.7. The Morgan fingerprint density at radius 1 is 0.427 bits per heavy atom. The maximum atomic E-state index is 12.8. The third-order valence-electron chi connectivity index (χ3n) is 13.2. The first-order chi connectivity index (χ1) is 36.5. The van der Waals surface area contributed by atoms with E-state index in [0.29, 0.717) is 17.4 Å². The lowest BCUT2D eigenvalue weighted by molar-refractivity contribution is -0.870. The zero-order chi connectivity index (χ0) is 54.9. The van der Waals surface area contributed by atoms with Gasteiger partial charge in [-0.3, -0.25) is 18.6 Å². The molecule has 2 atom stereocenters. The van der Waals surface area contributed by atoms with Crippen molar-refractivity contribution in [3.8, 4) is 0 Å². The number of allylic oxidation sites excluding steroid dienone is 14. The molecule has 0 aliphatic carbocycles. The molecule has 0 rings (SSSR count). The summed E-state index contributed by atoms with van der Waals surface area (Å²) in [5.41, 5.74) is 0. The maximum absolute atomic E-state index is 12.8. The van der Waals surface area contributed by atoms with Crippen molar-refractivity contribution >= 4 is 19.8 Å². The van der Waals surface area contributed by atoms with Crippen molar-refractivity contribution in [1.82, 2.24) is 0 Å². The van der Waals surface area contributed by atoms with Crippen molar-refractivity contribution in [2.75, 3.05) is 47.5 Å². The summed E-state index contributed by atoms with van der Waals surface area (Å²) in [5, 5.41) is 0. The maximum Gasteiger partial charge on any atom is 0.472 e.